The molecule has 0 spiro atoms. The molecule has 2 saturated heterocycles. The van der Waals surface area contributed by atoms with Crippen molar-refractivity contribution in [3.63, 3.8) is 0 Å². The highest BCUT2D eigenvalue weighted by atomic mass is 16.6. The predicted octanol–water partition coefficient (Wildman–Crippen LogP) is 3.98. The van der Waals surface area contributed by atoms with Gasteiger partial charge in [0.2, 0.25) is 0 Å². The van der Waals surface area contributed by atoms with Gasteiger partial charge in [-0.05, 0) is 79.1 Å². The van der Waals surface area contributed by atoms with Crippen LogP contribution >= 0.6 is 0 Å². The van der Waals surface area contributed by atoms with E-state index in [2.05, 4.69) is 56.2 Å². The third-order valence-corrected chi connectivity index (χ3v) is 8.82. The average molecular weight is 583 g/mol. The minimum atomic E-state index is -0.0776. The molecule has 43 heavy (non-hydrogen) atoms. The summed E-state index contributed by atoms with van der Waals surface area (Å²) in [5.74, 6) is 2.53. The number of nitrogens with zero attached hydrogens (tertiary/aromatic N) is 6. The Hall–Kier alpha value is -4.44. The number of aromatic nitrogens is 3. The van der Waals surface area contributed by atoms with Crippen molar-refractivity contribution in [2.24, 2.45) is 0 Å². The van der Waals surface area contributed by atoms with Crippen molar-refractivity contribution in [3.8, 4) is 22.9 Å². The van der Waals surface area contributed by atoms with Crippen LogP contribution in [0, 0.1) is 0 Å². The van der Waals surface area contributed by atoms with Gasteiger partial charge in [-0.1, -0.05) is 6.07 Å². The van der Waals surface area contributed by atoms with E-state index >= 15 is 0 Å². The van der Waals surface area contributed by atoms with E-state index in [1.807, 2.05) is 30.3 Å². The molecule has 0 amide bonds. The molecule has 3 aliphatic heterocycles. The average Bonchev–Trinajstić information content (AvgIpc) is 3.46. The van der Waals surface area contributed by atoms with Gasteiger partial charge >= 0.3 is 5.69 Å². The molecule has 0 unspecified atom stereocenters. The molecule has 4 heterocycles. The molecule has 3 aromatic carbocycles. The van der Waals surface area contributed by atoms with E-state index in [-0.39, 0.29) is 11.7 Å². The quantitative estimate of drug-likeness (QED) is 0.324. The van der Waals surface area contributed by atoms with E-state index in [0.29, 0.717) is 13.2 Å². The van der Waals surface area contributed by atoms with Crippen LogP contribution in [0.1, 0.15) is 24.4 Å². The Morgan fingerprint density at radius 3 is 2.02 bits per heavy atom. The van der Waals surface area contributed by atoms with Crippen molar-refractivity contribution in [2.75, 3.05) is 69.4 Å². The fraction of sp³-hybridized carbons (Fsp3) is 0.394. The van der Waals surface area contributed by atoms with E-state index in [1.165, 1.54) is 16.9 Å². The second-order valence-corrected chi connectivity index (χ2v) is 11.4. The van der Waals surface area contributed by atoms with Crippen molar-refractivity contribution in [3.05, 3.63) is 89.1 Å². The van der Waals surface area contributed by atoms with Gasteiger partial charge in [-0.15, -0.1) is 0 Å². The molecule has 0 N–H and O–H groups in total. The molecular formula is C33H38N6O4. The number of methoxy groups -OCH3 is 1. The number of piperazine rings is 1. The van der Waals surface area contributed by atoms with Crippen LogP contribution in [-0.2, 0) is 6.54 Å². The minimum absolute atomic E-state index is 0.0776. The first kappa shape index (κ1) is 27.4. The summed E-state index contributed by atoms with van der Waals surface area (Å²) in [4.78, 5) is 20.6. The number of hydrogen-bond donors (Lipinski definition) is 0. The number of benzene rings is 3. The number of piperidine rings is 1. The summed E-state index contributed by atoms with van der Waals surface area (Å²) in [6.45, 7) is 7.67. The zero-order valence-corrected chi connectivity index (χ0v) is 24.6. The molecule has 0 bridgehead atoms. The van der Waals surface area contributed by atoms with Gasteiger partial charge in [0.1, 0.15) is 25.3 Å². The molecule has 224 valence electrons. The van der Waals surface area contributed by atoms with Crippen LogP contribution in [0.2, 0.25) is 0 Å². The Kier molecular flexibility index (Phi) is 7.67. The molecule has 2 fully saturated rings. The highest BCUT2D eigenvalue weighted by Gasteiger charge is 2.25. The second kappa shape index (κ2) is 12.0. The lowest BCUT2D eigenvalue weighted by Crippen LogP contribution is -2.46. The van der Waals surface area contributed by atoms with Crippen molar-refractivity contribution in [2.45, 2.75) is 25.4 Å². The Morgan fingerprint density at radius 2 is 1.37 bits per heavy atom. The van der Waals surface area contributed by atoms with Gasteiger partial charge in [-0.2, -0.15) is 5.10 Å². The van der Waals surface area contributed by atoms with Gasteiger partial charge in [-0.3, -0.25) is 4.90 Å². The summed E-state index contributed by atoms with van der Waals surface area (Å²) in [7, 11) is 1.69. The molecule has 1 aromatic heterocycles. The lowest BCUT2D eigenvalue weighted by molar-refractivity contribution is 0.165. The van der Waals surface area contributed by atoms with E-state index < -0.39 is 0 Å². The van der Waals surface area contributed by atoms with Gasteiger partial charge in [0.15, 0.2) is 11.5 Å². The number of ether oxygens (including phenoxy) is 3. The second-order valence-electron chi connectivity index (χ2n) is 11.4. The topological polar surface area (TPSA) is 77.2 Å². The normalized spacial score (nSPS) is 17.7. The standard InChI is InChI=1S/C33H38N6O4/c1-41-30-9-7-27(8-10-30)37-18-16-36(17-19-37)26-3-5-28(6-4-26)38-24-34-39(33(38)40)29-12-14-35(15-13-29)23-25-2-11-31-32(22-25)43-21-20-42-31/h2-11,22,24,29H,12-21,23H2,1H3. The predicted molar refractivity (Wildman–Crippen MR) is 166 cm³/mol. The van der Waals surface area contributed by atoms with Crippen molar-refractivity contribution in [1.29, 1.82) is 0 Å². The molecule has 0 aliphatic carbocycles. The fourth-order valence-electron chi connectivity index (χ4n) is 6.35. The number of hydrogen-bond acceptors (Lipinski definition) is 8. The van der Waals surface area contributed by atoms with Crippen LogP contribution in [0.5, 0.6) is 17.2 Å². The van der Waals surface area contributed by atoms with Crippen molar-refractivity contribution < 1.29 is 14.2 Å². The molecule has 7 rings (SSSR count). The van der Waals surface area contributed by atoms with Gasteiger partial charge in [0.25, 0.3) is 0 Å². The lowest BCUT2D eigenvalue weighted by atomic mass is 10.0. The Labute approximate surface area is 251 Å². The van der Waals surface area contributed by atoms with Crippen LogP contribution in [-0.4, -0.2) is 78.8 Å². The molecule has 4 aromatic rings. The van der Waals surface area contributed by atoms with E-state index in [9.17, 15) is 4.79 Å². The summed E-state index contributed by atoms with van der Waals surface area (Å²) in [5, 5.41) is 4.53. The zero-order valence-electron chi connectivity index (χ0n) is 24.6. The fourth-order valence-corrected chi connectivity index (χ4v) is 6.35. The van der Waals surface area contributed by atoms with Gasteiger partial charge < -0.3 is 24.0 Å². The zero-order chi connectivity index (χ0) is 29.2. The molecule has 10 nitrogen and oxygen atoms in total. The largest absolute Gasteiger partial charge is 0.497 e. The van der Waals surface area contributed by atoms with Crippen molar-refractivity contribution >= 4 is 11.4 Å². The first-order valence-electron chi connectivity index (χ1n) is 15.2. The smallest absolute Gasteiger partial charge is 0.350 e. The van der Waals surface area contributed by atoms with Gasteiger partial charge in [0.05, 0.1) is 18.8 Å². The summed E-state index contributed by atoms with van der Waals surface area (Å²) >= 11 is 0. The summed E-state index contributed by atoms with van der Waals surface area (Å²) in [5.41, 5.74) is 4.37. The highest BCUT2D eigenvalue weighted by molar-refractivity contribution is 5.54. The van der Waals surface area contributed by atoms with E-state index in [1.54, 1.807) is 22.7 Å². The third kappa shape index (κ3) is 5.79. The first-order chi connectivity index (χ1) is 21.1. The Balaban J connectivity index is 0.938. The SMILES string of the molecule is COc1ccc(N2CCN(c3ccc(-n4cnn(C5CCN(Cc6ccc7c(c6)OCCO7)CC5)c4=O)cc3)CC2)cc1. The van der Waals surface area contributed by atoms with E-state index in [0.717, 1.165) is 81.6 Å². The summed E-state index contributed by atoms with van der Waals surface area (Å²) in [6, 6.07) is 22.8. The van der Waals surface area contributed by atoms with E-state index in [4.69, 9.17) is 14.2 Å². The van der Waals surface area contributed by atoms with Crippen LogP contribution in [0.4, 0.5) is 11.4 Å². The third-order valence-electron chi connectivity index (χ3n) is 8.82. The Morgan fingerprint density at radius 1 is 0.767 bits per heavy atom. The molecule has 0 radical (unpaired) electrons. The number of fused-ring (bicyclic) bond motifs is 1. The molecule has 0 atom stereocenters. The van der Waals surface area contributed by atoms with Crippen LogP contribution in [0.15, 0.2) is 77.9 Å². The lowest BCUT2D eigenvalue weighted by Gasteiger charge is -2.37. The maximum atomic E-state index is 13.4. The summed E-state index contributed by atoms with van der Waals surface area (Å²) in [6.07, 6.45) is 3.44. The molecular weight excluding hydrogens is 544 g/mol. The van der Waals surface area contributed by atoms with Crippen molar-refractivity contribution in [1.82, 2.24) is 19.2 Å². The highest BCUT2D eigenvalue weighted by Crippen LogP contribution is 2.32. The van der Waals surface area contributed by atoms with Gasteiger partial charge in [0, 0.05) is 57.2 Å². The molecule has 0 saturated carbocycles. The number of likely N-dealkylation sites (tertiary alicyclic amines) is 1. The molecule has 10 heteroatoms. The van der Waals surface area contributed by atoms with Crippen LogP contribution < -0.4 is 29.7 Å². The minimum Gasteiger partial charge on any atom is -0.497 e. The van der Waals surface area contributed by atoms with Crippen LogP contribution in [0.3, 0.4) is 0 Å². The first-order valence-corrected chi connectivity index (χ1v) is 15.2. The maximum Gasteiger partial charge on any atom is 0.350 e. The Bertz CT molecular complexity index is 1580. The number of anilines is 2. The number of rotatable bonds is 7. The van der Waals surface area contributed by atoms with Crippen LogP contribution in [0.25, 0.3) is 5.69 Å². The maximum absolute atomic E-state index is 13.4. The van der Waals surface area contributed by atoms with Gasteiger partial charge in [-0.25, -0.2) is 14.0 Å². The summed E-state index contributed by atoms with van der Waals surface area (Å²) < 4.78 is 20.0. The molecule has 3 aliphatic rings. The monoisotopic (exact) mass is 582 g/mol.